The third-order valence-electron chi connectivity index (χ3n) is 2.55. The lowest BCUT2D eigenvalue weighted by molar-refractivity contribution is 0.269. The third-order valence-corrected chi connectivity index (χ3v) is 2.55. The van der Waals surface area contributed by atoms with Crippen molar-refractivity contribution < 1.29 is 5.11 Å². The molecule has 0 fully saturated rings. The lowest BCUT2D eigenvalue weighted by Crippen LogP contribution is -2.14. The topological polar surface area (TPSA) is 50.1 Å². The molecule has 0 aliphatic heterocycles. The predicted molar refractivity (Wildman–Crippen MR) is 65.2 cm³/mol. The summed E-state index contributed by atoms with van der Waals surface area (Å²) in [6, 6.07) is 0. The molecule has 2 N–H and O–H groups in total. The van der Waals surface area contributed by atoms with Gasteiger partial charge in [0.05, 0.1) is 19.3 Å². The normalized spacial score (nSPS) is 10.9. The van der Waals surface area contributed by atoms with Crippen molar-refractivity contribution in [2.24, 2.45) is 0 Å². The van der Waals surface area contributed by atoms with E-state index in [0.717, 1.165) is 13.1 Å². The number of aromatic nitrogens is 2. The fraction of sp³-hybridized carbons (Fsp3) is 0.750. The van der Waals surface area contributed by atoms with E-state index in [-0.39, 0.29) is 6.61 Å². The summed E-state index contributed by atoms with van der Waals surface area (Å²) in [5.74, 6) is 0. The van der Waals surface area contributed by atoms with Gasteiger partial charge < -0.3 is 10.4 Å². The first-order valence-corrected chi connectivity index (χ1v) is 6.19. The van der Waals surface area contributed by atoms with Crippen LogP contribution in [0.1, 0.15) is 38.2 Å². The van der Waals surface area contributed by atoms with Crippen LogP contribution < -0.4 is 5.32 Å². The average molecular weight is 225 g/mol. The molecule has 0 radical (unpaired) electrons. The third kappa shape index (κ3) is 5.28. The highest BCUT2D eigenvalue weighted by molar-refractivity contribution is 5.03. The lowest BCUT2D eigenvalue weighted by Gasteiger charge is -2.02. The van der Waals surface area contributed by atoms with E-state index in [9.17, 15) is 0 Å². The van der Waals surface area contributed by atoms with E-state index in [1.807, 2.05) is 12.4 Å². The van der Waals surface area contributed by atoms with E-state index in [4.69, 9.17) is 5.11 Å². The summed E-state index contributed by atoms with van der Waals surface area (Å²) in [6.45, 7) is 4.90. The molecular weight excluding hydrogens is 202 g/mol. The Morgan fingerprint density at radius 3 is 3.00 bits per heavy atom. The van der Waals surface area contributed by atoms with Gasteiger partial charge in [0.2, 0.25) is 0 Å². The maximum atomic E-state index is 8.75. The van der Waals surface area contributed by atoms with E-state index in [0.29, 0.717) is 6.54 Å². The van der Waals surface area contributed by atoms with Gasteiger partial charge in [-0.3, -0.25) is 4.68 Å². The van der Waals surface area contributed by atoms with Crippen molar-refractivity contribution in [2.45, 2.75) is 45.7 Å². The monoisotopic (exact) mass is 225 g/mol. The average Bonchev–Trinajstić information content (AvgIpc) is 2.72. The second-order valence-electron chi connectivity index (χ2n) is 4.07. The van der Waals surface area contributed by atoms with Crippen molar-refractivity contribution in [2.75, 3.05) is 13.2 Å². The Bertz CT molecular complexity index is 273. The molecule has 0 atom stereocenters. The highest BCUT2D eigenvalue weighted by Crippen LogP contribution is 1.99. The zero-order valence-electron chi connectivity index (χ0n) is 10.2. The molecular formula is C12H23N3O. The maximum Gasteiger partial charge on any atom is 0.0640 e. The second-order valence-corrected chi connectivity index (χ2v) is 4.07. The molecule has 92 valence electrons. The first-order chi connectivity index (χ1) is 7.86. The van der Waals surface area contributed by atoms with Crippen LogP contribution in [-0.4, -0.2) is 28.0 Å². The zero-order valence-corrected chi connectivity index (χ0v) is 10.2. The summed E-state index contributed by atoms with van der Waals surface area (Å²) >= 11 is 0. The minimum absolute atomic E-state index is 0.144. The van der Waals surface area contributed by atoms with Crippen LogP contribution in [0.5, 0.6) is 0 Å². The van der Waals surface area contributed by atoms with E-state index in [1.165, 1.54) is 31.2 Å². The van der Waals surface area contributed by atoms with Crippen LogP contribution in [0.2, 0.25) is 0 Å². The summed E-state index contributed by atoms with van der Waals surface area (Å²) in [6.07, 6.45) is 9.01. The zero-order chi connectivity index (χ0) is 11.6. The Hall–Kier alpha value is -0.870. The number of nitrogens with zero attached hydrogens (tertiary/aromatic N) is 2. The van der Waals surface area contributed by atoms with Crippen LogP contribution in [0, 0.1) is 0 Å². The van der Waals surface area contributed by atoms with Crippen molar-refractivity contribution in [3.8, 4) is 0 Å². The Balaban J connectivity index is 2.07. The van der Waals surface area contributed by atoms with E-state index < -0.39 is 0 Å². The number of unbranched alkanes of at least 4 members (excludes halogenated alkanes) is 3. The highest BCUT2D eigenvalue weighted by Gasteiger charge is 1.97. The summed E-state index contributed by atoms with van der Waals surface area (Å²) in [4.78, 5) is 0. The number of rotatable bonds is 9. The number of nitrogens with one attached hydrogen (secondary N) is 1. The van der Waals surface area contributed by atoms with Crippen LogP contribution in [0.4, 0.5) is 0 Å². The molecule has 1 aromatic heterocycles. The van der Waals surface area contributed by atoms with Gasteiger partial charge in [-0.25, -0.2) is 0 Å². The van der Waals surface area contributed by atoms with Crippen LogP contribution in [0.3, 0.4) is 0 Å². The van der Waals surface area contributed by atoms with Crippen molar-refractivity contribution in [1.29, 1.82) is 0 Å². The summed E-state index contributed by atoms with van der Waals surface area (Å²) in [5.41, 5.74) is 1.18. The second kappa shape index (κ2) is 8.30. The largest absolute Gasteiger partial charge is 0.394 e. The van der Waals surface area contributed by atoms with Gasteiger partial charge in [0.15, 0.2) is 0 Å². The number of hydrogen-bond acceptors (Lipinski definition) is 3. The Morgan fingerprint density at radius 2 is 2.25 bits per heavy atom. The molecule has 0 aromatic carbocycles. The molecule has 0 saturated carbocycles. The molecule has 4 nitrogen and oxygen atoms in total. The highest BCUT2D eigenvalue weighted by atomic mass is 16.3. The first kappa shape index (κ1) is 13.2. The first-order valence-electron chi connectivity index (χ1n) is 6.19. The van der Waals surface area contributed by atoms with Crippen molar-refractivity contribution in [3.63, 3.8) is 0 Å². The minimum Gasteiger partial charge on any atom is -0.394 e. The molecule has 16 heavy (non-hydrogen) atoms. The van der Waals surface area contributed by atoms with Crippen molar-refractivity contribution in [3.05, 3.63) is 18.0 Å². The fourth-order valence-corrected chi connectivity index (χ4v) is 1.63. The molecule has 0 aliphatic carbocycles. The Labute approximate surface area is 97.7 Å². The Morgan fingerprint density at radius 1 is 1.38 bits per heavy atom. The molecule has 0 bridgehead atoms. The molecule has 1 rings (SSSR count). The number of hydrogen-bond donors (Lipinski definition) is 2. The van der Waals surface area contributed by atoms with Crippen molar-refractivity contribution >= 4 is 0 Å². The van der Waals surface area contributed by atoms with Crippen LogP contribution in [0.25, 0.3) is 0 Å². The van der Waals surface area contributed by atoms with Gasteiger partial charge in [0.25, 0.3) is 0 Å². The number of aliphatic hydroxyl groups is 1. The van der Waals surface area contributed by atoms with Crippen LogP contribution in [0.15, 0.2) is 12.4 Å². The molecule has 0 spiro atoms. The van der Waals surface area contributed by atoms with Gasteiger partial charge >= 0.3 is 0 Å². The van der Waals surface area contributed by atoms with Gasteiger partial charge in [0.1, 0.15) is 0 Å². The molecule has 0 aliphatic rings. The summed E-state index contributed by atoms with van der Waals surface area (Å²) < 4.78 is 1.77. The van der Waals surface area contributed by atoms with Gasteiger partial charge in [-0.05, 0) is 13.0 Å². The molecule has 1 aromatic rings. The molecule has 0 saturated heterocycles. The molecule has 1 heterocycles. The fourth-order valence-electron chi connectivity index (χ4n) is 1.63. The van der Waals surface area contributed by atoms with E-state index in [2.05, 4.69) is 17.3 Å². The molecule has 0 unspecified atom stereocenters. The number of aliphatic hydroxyl groups excluding tert-OH is 1. The van der Waals surface area contributed by atoms with E-state index >= 15 is 0 Å². The standard InChI is InChI=1S/C12H23N3O/c1-2-3-4-5-6-13-9-12-10-14-15(11-12)7-8-16/h10-11,13,16H,2-9H2,1H3. The maximum absolute atomic E-state index is 8.75. The lowest BCUT2D eigenvalue weighted by atomic mass is 10.2. The quantitative estimate of drug-likeness (QED) is 0.627. The van der Waals surface area contributed by atoms with Crippen LogP contribution >= 0.6 is 0 Å². The smallest absolute Gasteiger partial charge is 0.0640 e. The van der Waals surface area contributed by atoms with Gasteiger partial charge in [-0.15, -0.1) is 0 Å². The SMILES string of the molecule is CCCCCCNCc1cnn(CCO)c1. The summed E-state index contributed by atoms with van der Waals surface area (Å²) in [5, 5.41) is 16.3. The predicted octanol–water partition coefficient (Wildman–Crippen LogP) is 1.55. The van der Waals surface area contributed by atoms with Gasteiger partial charge in [-0.1, -0.05) is 26.2 Å². The van der Waals surface area contributed by atoms with Gasteiger partial charge in [0, 0.05) is 18.3 Å². The van der Waals surface area contributed by atoms with Crippen LogP contribution in [-0.2, 0) is 13.1 Å². The van der Waals surface area contributed by atoms with Gasteiger partial charge in [-0.2, -0.15) is 5.10 Å². The molecule has 0 amide bonds. The van der Waals surface area contributed by atoms with E-state index in [1.54, 1.807) is 4.68 Å². The van der Waals surface area contributed by atoms with Crippen molar-refractivity contribution in [1.82, 2.24) is 15.1 Å². The minimum atomic E-state index is 0.144. The Kier molecular flexibility index (Phi) is 6.85. The summed E-state index contributed by atoms with van der Waals surface area (Å²) in [7, 11) is 0. The molecule has 4 heteroatoms.